The highest BCUT2D eigenvalue weighted by Crippen LogP contribution is 2.33. The molecule has 2 rings (SSSR count). The Kier molecular flexibility index (Phi) is 4.04. The number of methoxy groups -OCH3 is 1. The molecule has 0 unspecified atom stereocenters. The molecule has 0 bridgehead atoms. The van der Waals surface area contributed by atoms with Gasteiger partial charge in [0.25, 0.3) is 0 Å². The maximum Gasteiger partial charge on any atom is 0.339 e. The van der Waals surface area contributed by atoms with E-state index in [2.05, 4.69) is 18.2 Å². The maximum absolute atomic E-state index is 11.6. The van der Waals surface area contributed by atoms with Crippen LogP contribution in [0.1, 0.15) is 23.2 Å². The fourth-order valence-electron chi connectivity index (χ4n) is 1.64. The minimum atomic E-state index is -0.278. The third kappa shape index (κ3) is 3.01. The van der Waals surface area contributed by atoms with E-state index in [9.17, 15) is 4.79 Å². The van der Waals surface area contributed by atoms with Crippen LogP contribution >= 0.6 is 11.8 Å². The van der Waals surface area contributed by atoms with Crippen molar-refractivity contribution in [2.75, 3.05) is 7.11 Å². The van der Waals surface area contributed by atoms with Crippen molar-refractivity contribution in [3.63, 3.8) is 0 Å². The molecule has 0 heterocycles. The van der Waals surface area contributed by atoms with Gasteiger partial charge in [-0.25, -0.2) is 4.79 Å². The molecule has 0 aliphatic heterocycles. The van der Waals surface area contributed by atoms with Crippen LogP contribution in [0, 0.1) is 0 Å². The van der Waals surface area contributed by atoms with Crippen molar-refractivity contribution in [2.24, 2.45) is 0 Å². The summed E-state index contributed by atoms with van der Waals surface area (Å²) in [6.07, 6.45) is 8.42. The summed E-state index contributed by atoms with van der Waals surface area (Å²) < 4.78 is 4.78. The van der Waals surface area contributed by atoms with E-state index in [1.54, 1.807) is 17.8 Å². The zero-order valence-electron chi connectivity index (χ0n) is 9.68. The number of rotatable bonds is 3. The van der Waals surface area contributed by atoms with Gasteiger partial charge in [-0.15, -0.1) is 0 Å². The quantitative estimate of drug-likeness (QED) is 0.759. The highest BCUT2D eigenvalue weighted by atomic mass is 32.2. The molecular formula is C14H14O2S. The number of allylic oxidation sites excluding steroid dienone is 4. The first-order valence-electron chi connectivity index (χ1n) is 5.52. The smallest absolute Gasteiger partial charge is 0.339 e. The molecule has 1 aliphatic carbocycles. The fraction of sp³-hybridized carbons (Fsp3) is 0.214. The van der Waals surface area contributed by atoms with Crippen molar-refractivity contribution in [3.05, 3.63) is 53.0 Å². The monoisotopic (exact) mass is 246 g/mol. The lowest BCUT2D eigenvalue weighted by atomic mass is 10.2. The van der Waals surface area contributed by atoms with E-state index in [0.29, 0.717) is 5.56 Å². The molecule has 0 atom stereocenters. The highest BCUT2D eigenvalue weighted by molar-refractivity contribution is 8.03. The molecule has 0 aromatic heterocycles. The first-order valence-corrected chi connectivity index (χ1v) is 6.34. The van der Waals surface area contributed by atoms with Gasteiger partial charge >= 0.3 is 5.97 Å². The summed E-state index contributed by atoms with van der Waals surface area (Å²) in [6, 6.07) is 7.54. The van der Waals surface area contributed by atoms with Gasteiger partial charge in [-0.05, 0) is 29.9 Å². The molecule has 0 spiro atoms. The van der Waals surface area contributed by atoms with Gasteiger partial charge in [0.1, 0.15) is 0 Å². The molecule has 0 radical (unpaired) electrons. The SMILES string of the molecule is COC(=O)c1ccccc1SC1=CC=CCC1. The maximum atomic E-state index is 11.6. The van der Waals surface area contributed by atoms with Gasteiger partial charge in [0.2, 0.25) is 0 Å². The van der Waals surface area contributed by atoms with Gasteiger partial charge in [-0.1, -0.05) is 42.1 Å². The van der Waals surface area contributed by atoms with Crippen LogP contribution in [-0.4, -0.2) is 13.1 Å². The normalized spacial score (nSPS) is 14.3. The van der Waals surface area contributed by atoms with Crippen LogP contribution in [0.2, 0.25) is 0 Å². The molecule has 1 aromatic carbocycles. The summed E-state index contributed by atoms with van der Waals surface area (Å²) in [5, 5.41) is 0. The molecule has 88 valence electrons. The molecule has 0 N–H and O–H groups in total. The minimum absolute atomic E-state index is 0.278. The number of carbonyl (C=O) groups excluding carboxylic acids is 1. The van der Waals surface area contributed by atoms with Crippen molar-refractivity contribution in [1.29, 1.82) is 0 Å². The number of hydrogen-bond donors (Lipinski definition) is 0. The Morgan fingerprint density at radius 3 is 2.88 bits per heavy atom. The Bertz CT molecular complexity index is 475. The summed E-state index contributed by atoms with van der Waals surface area (Å²) in [4.78, 5) is 13.8. The lowest BCUT2D eigenvalue weighted by molar-refractivity contribution is 0.0597. The number of ether oxygens (including phenoxy) is 1. The number of carbonyl (C=O) groups is 1. The number of hydrogen-bond acceptors (Lipinski definition) is 3. The van der Waals surface area contributed by atoms with Crippen molar-refractivity contribution < 1.29 is 9.53 Å². The van der Waals surface area contributed by atoms with Crippen LogP contribution < -0.4 is 0 Å². The Hall–Kier alpha value is -1.48. The van der Waals surface area contributed by atoms with Crippen LogP contribution in [0.15, 0.2) is 52.3 Å². The second-order valence-electron chi connectivity index (χ2n) is 3.69. The lowest BCUT2D eigenvalue weighted by Gasteiger charge is -2.11. The first-order chi connectivity index (χ1) is 8.31. The van der Waals surface area contributed by atoms with Crippen LogP contribution in [0.5, 0.6) is 0 Å². The average Bonchev–Trinajstić information content (AvgIpc) is 2.40. The Morgan fingerprint density at radius 2 is 2.18 bits per heavy atom. The van der Waals surface area contributed by atoms with Gasteiger partial charge in [-0.2, -0.15) is 0 Å². The third-order valence-electron chi connectivity index (χ3n) is 2.51. The third-order valence-corrected chi connectivity index (χ3v) is 3.69. The number of esters is 1. The van der Waals surface area contributed by atoms with Crippen LogP contribution in [0.4, 0.5) is 0 Å². The number of thioether (sulfide) groups is 1. The van der Waals surface area contributed by atoms with E-state index in [-0.39, 0.29) is 5.97 Å². The first kappa shape index (κ1) is 12.0. The molecule has 17 heavy (non-hydrogen) atoms. The number of benzene rings is 1. The molecule has 2 nitrogen and oxygen atoms in total. The van der Waals surface area contributed by atoms with Crippen LogP contribution in [0.25, 0.3) is 0 Å². The molecule has 0 saturated heterocycles. The zero-order chi connectivity index (χ0) is 12.1. The molecule has 1 aromatic rings. The van der Waals surface area contributed by atoms with Crippen LogP contribution in [-0.2, 0) is 4.74 Å². The summed E-state index contributed by atoms with van der Waals surface area (Å²) >= 11 is 1.64. The fourth-order valence-corrected chi connectivity index (χ4v) is 2.70. The molecule has 0 saturated carbocycles. The summed E-state index contributed by atoms with van der Waals surface area (Å²) in [7, 11) is 1.41. The second kappa shape index (κ2) is 5.73. The topological polar surface area (TPSA) is 26.3 Å². The van der Waals surface area contributed by atoms with Crippen LogP contribution in [0.3, 0.4) is 0 Å². The molecule has 1 aliphatic rings. The molecule has 0 amide bonds. The van der Waals surface area contributed by atoms with E-state index in [1.807, 2.05) is 18.2 Å². The van der Waals surface area contributed by atoms with Crippen molar-refractivity contribution in [3.8, 4) is 0 Å². The van der Waals surface area contributed by atoms with E-state index >= 15 is 0 Å². The summed E-state index contributed by atoms with van der Waals surface area (Å²) in [6.45, 7) is 0. The van der Waals surface area contributed by atoms with Gasteiger partial charge in [0, 0.05) is 4.90 Å². The second-order valence-corrected chi connectivity index (χ2v) is 4.86. The molecule has 3 heteroatoms. The largest absolute Gasteiger partial charge is 0.465 e. The highest BCUT2D eigenvalue weighted by Gasteiger charge is 2.13. The zero-order valence-corrected chi connectivity index (χ0v) is 10.5. The van der Waals surface area contributed by atoms with E-state index in [1.165, 1.54) is 12.0 Å². The predicted molar refractivity (Wildman–Crippen MR) is 70.1 cm³/mol. The Labute approximate surface area is 105 Å². The van der Waals surface area contributed by atoms with Crippen molar-refractivity contribution >= 4 is 17.7 Å². The van der Waals surface area contributed by atoms with E-state index in [4.69, 9.17) is 4.74 Å². The minimum Gasteiger partial charge on any atom is -0.465 e. The summed E-state index contributed by atoms with van der Waals surface area (Å²) in [5.41, 5.74) is 0.635. The van der Waals surface area contributed by atoms with E-state index in [0.717, 1.165) is 17.7 Å². The molecular weight excluding hydrogens is 232 g/mol. The van der Waals surface area contributed by atoms with Gasteiger partial charge < -0.3 is 4.74 Å². The van der Waals surface area contributed by atoms with Gasteiger partial charge in [-0.3, -0.25) is 0 Å². The van der Waals surface area contributed by atoms with Crippen molar-refractivity contribution in [2.45, 2.75) is 17.7 Å². The predicted octanol–water partition coefficient (Wildman–Crippen LogP) is 3.80. The van der Waals surface area contributed by atoms with Gasteiger partial charge in [0.05, 0.1) is 12.7 Å². The Balaban J connectivity index is 2.23. The molecule has 0 fully saturated rings. The van der Waals surface area contributed by atoms with Crippen molar-refractivity contribution in [1.82, 2.24) is 0 Å². The summed E-state index contributed by atoms with van der Waals surface area (Å²) in [5.74, 6) is -0.278. The Morgan fingerprint density at radius 1 is 1.35 bits per heavy atom. The lowest BCUT2D eigenvalue weighted by Crippen LogP contribution is -2.02. The average molecular weight is 246 g/mol. The standard InChI is InChI=1S/C14H14O2S/c1-16-14(15)12-9-5-6-10-13(12)17-11-7-3-2-4-8-11/h2-3,5-7,9-10H,4,8H2,1H3. The van der Waals surface area contributed by atoms with E-state index < -0.39 is 0 Å². The van der Waals surface area contributed by atoms with Gasteiger partial charge in [0.15, 0.2) is 0 Å².